The molecule has 2 heterocycles. The van der Waals surface area contributed by atoms with Crippen molar-refractivity contribution in [1.82, 2.24) is 4.90 Å². The van der Waals surface area contributed by atoms with Crippen LogP contribution in [-0.2, 0) is 17.6 Å². The smallest absolute Gasteiger partial charge is 0.387 e. The van der Waals surface area contributed by atoms with E-state index in [1.54, 1.807) is 12.1 Å². The van der Waals surface area contributed by atoms with Gasteiger partial charge < -0.3 is 4.84 Å². The van der Waals surface area contributed by atoms with Crippen LogP contribution >= 0.6 is 15.9 Å². The van der Waals surface area contributed by atoms with Gasteiger partial charge in [0.1, 0.15) is 4.62 Å². The summed E-state index contributed by atoms with van der Waals surface area (Å²) in [7, 11) is 0. The molecule has 2 aliphatic heterocycles. The van der Waals surface area contributed by atoms with E-state index in [2.05, 4.69) is 26.0 Å². The van der Waals surface area contributed by atoms with Crippen LogP contribution in [-0.4, -0.2) is 28.2 Å². The second kappa shape index (κ2) is 5.85. The van der Waals surface area contributed by atoms with Gasteiger partial charge in [-0.25, -0.2) is 0 Å². The van der Waals surface area contributed by atoms with Crippen LogP contribution in [0.15, 0.2) is 29.4 Å². The van der Waals surface area contributed by atoms with E-state index < -0.39 is 11.7 Å². The lowest BCUT2D eigenvalue weighted by atomic mass is 9.90. The van der Waals surface area contributed by atoms with Crippen molar-refractivity contribution in [2.45, 2.75) is 37.6 Å². The summed E-state index contributed by atoms with van der Waals surface area (Å²) in [5.41, 5.74) is -0.00550. The minimum Gasteiger partial charge on any atom is -0.387 e. The van der Waals surface area contributed by atoms with E-state index in [1.807, 2.05) is 0 Å². The molecule has 1 aromatic rings. The van der Waals surface area contributed by atoms with Crippen LogP contribution in [0.5, 0.6) is 0 Å². The van der Waals surface area contributed by atoms with E-state index in [0.29, 0.717) is 6.54 Å². The van der Waals surface area contributed by atoms with Gasteiger partial charge in [0.25, 0.3) is 0 Å². The zero-order valence-electron chi connectivity index (χ0n) is 11.9. The zero-order valence-corrected chi connectivity index (χ0v) is 13.5. The van der Waals surface area contributed by atoms with E-state index >= 15 is 0 Å². The minimum absolute atomic E-state index is 0.275. The van der Waals surface area contributed by atoms with Crippen molar-refractivity contribution in [1.29, 1.82) is 0 Å². The third-order valence-electron chi connectivity index (χ3n) is 4.11. The third kappa shape index (κ3) is 3.46. The van der Waals surface area contributed by atoms with Crippen molar-refractivity contribution < 1.29 is 18.0 Å². The highest BCUT2D eigenvalue weighted by Gasteiger charge is 2.42. The molecule has 22 heavy (non-hydrogen) atoms. The Morgan fingerprint density at radius 1 is 1.27 bits per heavy atom. The van der Waals surface area contributed by atoms with Crippen LogP contribution in [0, 0.1) is 0 Å². The second-order valence-electron chi connectivity index (χ2n) is 5.93. The summed E-state index contributed by atoms with van der Waals surface area (Å²) in [4.78, 5) is 7.79. The van der Waals surface area contributed by atoms with Gasteiger partial charge in [0.2, 0.25) is 0 Å². The summed E-state index contributed by atoms with van der Waals surface area (Å²) in [6.45, 7) is 2.29. The molecule has 0 N–H and O–H groups in total. The van der Waals surface area contributed by atoms with Gasteiger partial charge in [0, 0.05) is 19.5 Å². The summed E-state index contributed by atoms with van der Waals surface area (Å²) in [5, 5.41) is 3.97. The Morgan fingerprint density at radius 3 is 2.59 bits per heavy atom. The molecule has 0 unspecified atom stereocenters. The fourth-order valence-electron chi connectivity index (χ4n) is 3.08. The lowest BCUT2D eigenvalue weighted by Gasteiger charge is -2.38. The maximum absolute atomic E-state index is 12.6. The maximum Gasteiger partial charge on any atom is 0.416 e. The van der Waals surface area contributed by atoms with Crippen molar-refractivity contribution in [3.8, 4) is 0 Å². The topological polar surface area (TPSA) is 24.8 Å². The van der Waals surface area contributed by atoms with Crippen LogP contribution < -0.4 is 0 Å². The third-order valence-corrected chi connectivity index (χ3v) is 4.54. The number of nitrogens with zero attached hydrogens (tertiary/aromatic N) is 2. The monoisotopic (exact) mass is 376 g/mol. The highest BCUT2D eigenvalue weighted by Crippen LogP contribution is 2.35. The average molecular weight is 377 g/mol. The Kier molecular flexibility index (Phi) is 4.20. The number of rotatable bonds is 2. The summed E-state index contributed by atoms with van der Waals surface area (Å²) < 4.78 is 38.5. The number of likely N-dealkylation sites (tertiary alicyclic amines) is 1. The van der Waals surface area contributed by atoms with Crippen LogP contribution in [0.3, 0.4) is 0 Å². The number of alkyl halides is 3. The van der Waals surface area contributed by atoms with Gasteiger partial charge in [0.15, 0.2) is 5.60 Å². The molecular formula is C15H16BrF3N2O. The van der Waals surface area contributed by atoms with E-state index in [9.17, 15) is 13.2 Å². The molecule has 0 radical (unpaired) electrons. The first-order chi connectivity index (χ1) is 10.4. The number of hydrogen-bond acceptors (Lipinski definition) is 3. The molecule has 0 aromatic heterocycles. The first kappa shape index (κ1) is 15.8. The molecule has 3 rings (SSSR count). The molecule has 1 aromatic carbocycles. The van der Waals surface area contributed by atoms with Gasteiger partial charge in [-0.1, -0.05) is 17.3 Å². The van der Waals surface area contributed by atoms with Crippen molar-refractivity contribution >= 4 is 20.6 Å². The number of hydrogen-bond donors (Lipinski definition) is 0. The minimum atomic E-state index is -4.28. The Labute approximate surface area is 135 Å². The Balaban J connectivity index is 1.63. The van der Waals surface area contributed by atoms with E-state index in [-0.39, 0.29) is 5.60 Å². The van der Waals surface area contributed by atoms with E-state index in [1.165, 1.54) is 0 Å². The summed E-state index contributed by atoms with van der Waals surface area (Å²) >= 11 is 3.36. The quantitative estimate of drug-likeness (QED) is 0.773. The number of benzene rings is 1. The Bertz CT molecular complexity index is 573. The fourth-order valence-corrected chi connectivity index (χ4v) is 3.66. The Morgan fingerprint density at radius 2 is 2.00 bits per heavy atom. The molecule has 0 aliphatic carbocycles. The largest absolute Gasteiger partial charge is 0.416 e. The van der Waals surface area contributed by atoms with Gasteiger partial charge >= 0.3 is 6.18 Å². The molecular weight excluding hydrogens is 361 g/mol. The van der Waals surface area contributed by atoms with Crippen LogP contribution in [0.25, 0.3) is 0 Å². The predicted octanol–water partition coefficient (Wildman–Crippen LogP) is 4.17. The molecule has 1 spiro atoms. The van der Waals surface area contributed by atoms with Crippen molar-refractivity contribution in [2.75, 3.05) is 13.1 Å². The molecule has 2 aliphatic rings. The maximum atomic E-state index is 12.6. The molecule has 3 nitrogen and oxygen atoms in total. The van der Waals surface area contributed by atoms with E-state index in [4.69, 9.17) is 4.84 Å². The first-order valence-corrected chi connectivity index (χ1v) is 7.95. The highest BCUT2D eigenvalue weighted by atomic mass is 79.9. The first-order valence-electron chi connectivity index (χ1n) is 7.15. The molecule has 0 bridgehead atoms. The van der Waals surface area contributed by atoms with Crippen molar-refractivity contribution in [2.24, 2.45) is 5.16 Å². The molecule has 120 valence electrons. The molecule has 1 fully saturated rings. The molecule has 1 atom stereocenters. The predicted molar refractivity (Wildman–Crippen MR) is 80.8 cm³/mol. The molecule has 1 saturated heterocycles. The number of oxime groups is 1. The van der Waals surface area contributed by atoms with Gasteiger partial charge in [-0.3, -0.25) is 4.90 Å². The summed E-state index contributed by atoms with van der Waals surface area (Å²) in [6, 6.07) is 5.37. The lowest BCUT2D eigenvalue weighted by Crippen LogP contribution is -2.47. The normalized spacial score (nSPS) is 26.1. The highest BCUT2D eigenvalue weighted by molar-refractivity contribution is 9.18. The van der Waals surface area contributed by atoms with Crippen LogP contribution in [0.1, 0.15) is 30.4 Å². The van der Waals surface area contributed by atoms with Crippen LogP contribution in [0.4, 0.5) is 13.2 Å². The van der Waals surface area contributed by atoms with Gasteiger partial charge in [-0.2, -0.15) is 13.2 Å². The SMILES string of the molecule is FC(F)(F)c1ccc(CN2CCC[C@]3(CC(Br)=NO3)C2)cc1. The average Bonchev–Trinajstić information content (AvgIpc) is 2.79. The molecule has 0 saturated carbocycles. The molecule has 7 heteroatoms. The standard InChI is InChI=1S/C15H16BrF3N2O/c16-13-8-14(22-20-13)6-1-7-21(10-14)9-11-2-4-12(5-3-11)15(17,18)19/h2-5H,1,6-10H2/t14-/m0/s1. The van der Waals surface area contributed by atoms with Crippen molar-refractivity contribution in [3.63, 3.8) is 0 Å². The van der Waals surface area contributed by atoms with Crippen LogP contribution in [0.2, 0.25) is 0 Å². The Hall–Kier alpha value is -1.08. The molecule has 0 amide bonds. The summed E-state index contributed by atoms with van der Waals surface area (Å²) in [5.74, 6) is 0. The summed E-state index contributed by atoms with van der Waals surface area (Å²) in [6.07, 6.45) is -1.57. The zero-order chi connectivity index (χ0) is 15.8. The fraction of sp³-hybridized carbons (Fsp3) is 0.533. The van der Waals surface area contributed by atoms with Gasteiger partial charge in [-0.15, -0.1) is 0 Å². The van der Waals surface area contributed by atoms with Gasteiger partial charge in [0.05, 0.1) is 5.56 Å². The van der Waals surface area contributed by atoms with Gasteiger partial charge in [-0.05, 0) is 53.0 Å². The number of piperidine rings is 1. The lowest BCUT2D eigenvalue weighted by molar-refractivity contribution is -0.137. The van der Waals surface area contributed by atoms with E-state index in [0.717, 1.165) is 54.7 Å². The number of halogens is 4. The van der Waals surface area contributed by atoms with Crippen molar-refractivity contribution in [3.05, 3.63) is 35.4 Å². The second-order valence-corrected chi connectivity index (χ2v) is 6.84.